The van der Waals surface area contributed by atoms with Crippen molar-refractivity contribution in [2.24, 2.45) is 9.81 Å². The van der Waals surface area contributed by atoms with Crippen LogP contribution in [0.25, 0.3) is 10.6 Å². The van der Waals surface area contributed by atoms with Gasteiger partial charge in [-0.3, -0.25) is 9.52 Å². The number of fused-ring (bicyclic) bond motifs is 1. The molecule has 3 N–H and O–H groups in total. The lowest BCUT2D eigenvalue weighted by molar-refractivity contribution is 0.335. The van der Waals surface area contributed by atoms with Crippen molar-refractivity contribution in [2.75, 3.05) is 16.3 Å². The number of aromatic nitrogens is 2. The molecule has 36 heavy (non-hydrogen) atoms. The van der Waals surface area contributed by atoms with Crippen molar-refractivity contribution in [3.8, 4) is 16.3 Å². The number of aryl methyl sites for hydroxylation is 1. The molecular weight excluding hydrogens is 526 g/mol. The Morgan fingerprint density at radius 2 is 1.94 bits per heavy atom. The van der Waals surface area contributed by atoms with Crippen LogP contribution in [0, 0.1) is 5.41 Å². The fourth-order valence-corrected chi connectivity index (χ4v) is 5.91. The molecule has 2 aromatic heterocycles. The number of aromatic hydroxyl groups is 1. The van der Waals surface area contributed by atoms with Crippen LogP contribution in [-0.4, -0.2) is 43.8 Å². The number of benzene rings is 1. The molecule has 0 radical (unpaired) electrons. The molecule has 0 amide bonds. The van der Waals surface area contributed by atoms with E-state index in [0.717, 1.165) is 12.3 Å². The molecule has 0 bridgehead atoms. The van der Waals surface area contributed by atoms with Crippen molar-refractivity contribution in [1.29, 1.82) is 0 Å². The van der Waals surface area contributed by atoms with Crippen LogP contribution in [0.5, 0.6) is 5.75 Å². The molecule has 3 aromatic rings. The number of hydrogen-bond donors (Lipinski definition) is 3. The number of thiophene rings is 1. The van der Waals surface area contributed by atoms with Gasteiger partial charge in [0.05, 0.1) is 16.8 Å². The summed E-state index contributed by atoms with van der Waals surface area (Å²) < 4.78 is 56.4. The maximum Gasteiger partial charge on any atom is 0.286 e. The van der Waals surface area contributed by atoms with E-state index in [2.05, 4.69) is 19.5 Å². The third kappa shape index (κ3) is 5.44. The van der Waals surface area contributed by atoms with Crippen molar-refractivity contribution < 1.29 is 21.9 Å². The summed E-state index contributed by atoms with van der Waals surface area (Å²) in [4.78, 5) is 13.7. The van der Waals surface area contributed by atoms with Crippen LogP contribution < -0.4 is 15.6 Å². The highest BCUT2D eigenvalue weighted by Gasteiger charge is 2.31. The molecule has 1 aliphatic heterocycles. The van der Waals surface area contributed by atoms with E-state index in [4.69, 9.17) is 0 Å². The first-order valence-electron chi connectivity index (χ1n) is 10.8. The van der Waals surface area contributed by atoms with Gasteiger partial charge >= 0.3 is 0 Å². The van der Waals surface area contributed by atoms with Crippen molar-refractivity contribution in [3.05, 3.63) is 51.6 Å². The SMILES string of the molecule is CC(C)(C)CCn1nc(-c2cccs2)c(O)c(C2=NS(=O)(=O)c3cc(NS(C)(=O)=O)ccc3N2)c1=O. The second-order valence-electron chi connectivity index (χ2n) is 9.51. The highest BCUT2D eigenvalue weighted by atomic mass is 32.2. The van der Waals surface area contributed by atoms with E-state index >= 15 is 0 Å². The molecule has 0 spiro atoms. The first kappa shape index (κ1) is 25.9. The summed E-state index contributed by atoms with van der Waals surface area (Å²) in [6, 6.07) is 7.35. The zero-order chi connectivity index (χ0) is 26.5. The Morgan fingerprint density at radius 3 is 2.56 bits per heavy atom. The van der Waals surface area contributed by atoms with E-state index in [9.17, 15) is 26.7 Å². The van der Waals surface area contributed by atoms with E-state index in [1.807, 2.05) is 20.8 Å². The van der Waals surface area contributed by atoms with Gasteiger partial charge in [0, 0.05) is 12.2 Å². The van der Waals surface area contributed by atoms with Crippen molar-refractivity contribution in [2.45, 2.75) is 38.6 Å². The van der Waals surface area contributed by atoms with Gasteiger partial charge in [-0.1, -0.05) is 26.8 Å². The standard InChI is InChI=1S/C22H25N5O6S3/c1-22(2,3)9-10-27-21(29)17(19(28)18(24-27)15-6-5-11-34-15)20-23-14-8-7-13(25-35(4,30)31)12-16(14)36(32,33)26-20/h5-8,11-12,25,28H,9-10H2,1-4H3,(H,23,26). The second-order valence-corrected chi connectivity index (χ2v) is 13.8. The van der Waals surface area contributed by atoms with Gasteiger partial charge < -0.3 is 10.4 Å². The average molecular weight is 552 g/mol. The smallest absolute Gasteiger partial charge is 0.286 e. The number of anilines is 2. The predicted molar refractivity (Wildman–Crippen MR) is 140 cm³/mol. The lowest BCUT2D eigenvalue weighted by atomic mass is 9.92. The minimum Gasteiger partial charge on any atom is -0.505 e. The first-order valence-corrected chi connectivity index (χ1v) is 15.0. The zero-order valence-electron chi connectivity index (χ0n) is 19.9. The van der Waals surface area contributed by atoms with Crippen molar-refractivity contribution in [3.63, 3.8) is 0 Å². The Bertz CT molecular complexity index is 1630. The molecule has 0 unspecified atom stereocenters. The topological polar surface area (TPSA) is 160 Å². The summed E-state index contributed by atoms with van der Waals surface area (Å²) in [6.45, 7) is 6.29. The molecule has 0 aliphatic carbocycles. The molecular formula is C22H25N5O6S3. The fraction of sp³-hybridized carbons (Fsp3) is 0.318. The largest absolute Gasteiger partial charge is 0.505 e. The molecule has 1 aliphatic rings. The third-order valence-corrected chi connectivity index (χ3v) is 8.02. The molecule has 0 saturated heterocycles. The molecule has 192 valence electrons. The van der Waals surface area contributed by atoms with E-state index < -0.39 is 31.4 Å². The van der Waals surface area contributed by atoms with E-state index in [1.54, 1.807) is 17.5 Å². The number of rotatable bonds is 6. The van der Waals surface area contributed by atoms with Crippen LogP contribution in [0.3, 0.4) is 0 Å². The van der Waals surface area contributed by atoms with Crippen molar-refractivity contribution in [1.82, 2.24) is 9.78 Å². The predicted octanol–water partition coefficient (Wildman–Crippen LogP) is 3.05. The third-order valence-electron chi connectivity index (χ3n) is 5.22. The Kier molecular flexibility index (Phi) is 6.47. The fourth-order valence-electron chi connectivity index (χ4n) is 3.49. The Balaban J connectivity index is 1.87. The highest BCUT2D eigenvalue weighted by molar-refractivity contribution is 7.92. The van der Waals surface area contributed by atoms with Crippen molar-refractivity contribution >= 4 is 48.6 Å². The quantitative estimate of drug-likeness (QED) is 0.421. The molecule has 0 saturated carbocycles. The lowest BCUT2D eigenvalue weighted by Gasteiger charge is -2.22. The summed E-state index contributed by atoms with van der Waals surface area (Å²) in [5.74, 6) is -0.840. The van der Waals surface area contributed by atoms with Gasteiger partial charge in [0.15, 0.2) is 11.6 Å². The summed E-state index contributed by atoms with van der Waals surface area (Å²) in [6.07, 6.45) is 1.54. The first-order chi connectivity index (χ1) is 16.6. The monoisotopic (exact) mass is 551 g/mol. The van der Waals surface area contributed by atoms with Gasteiger partial charge in [-0.2, -0.15) is 13.5 Å². The minimum atomic E-state index is -4.35. The van der Waals surface area contributed by atoms with Gasteiger partial charge in [-0.15, -0.1) is 15.7 Å². The van der Waals surface area contributed by atoms with Gasteiger partial charge in [-0.25, -0.2) is 13.1 Å². The van der Waals surface area contributed by atoms with Crippen LogP contribution in [-0.2, 0) is 26.6 Å². The van der Waals surface area contributed by atoms with Crippen LogP contribution in [0.4, 0.5) is 11.4 Å². The summed E-state index contributed by atoms with van der Waals surface area (Å²) in [5, 5.41) is 20.0. The molecule has 3 heterocycles. The molecule has 4 rings (SSSR count). The van der Waals surface area contributed by atoms with Gasteiger partial charge in [0.1, 0.15) is 16.2 Å². The molecule has 1 aromatic carbocycles. The number of nitrogens with one attached hydrogen (secondary N) is 2. The number of amidine groups is 1. The molecule has 14 heteroatoms. The average Bonchev–Trinajstić information content (AvgIpc) is 3.26. The Hall–Kier alpha value is -3.23. The van der Waals surface area contributed by atoms with Gasteiger partial charge in [0.25, 0.3) is 15.6 Å². The normalized spacial score (nSPS) is 15.1. The summed E-state index contributed by atoms with van der Waals surface area (Å²) in [7, 11) is -7.99. The highest BCUT2D eigenvalue weighted by Crippen LogP contribution is 2.35. The molecule has 11 nitrogen and oxygen atoms in total. The van der Waals surface area contributed by atoms with Gasteiger partial charge in [-0.05, 0) is 41.5 Å². The Labute approximate surface area is 212 Å². The second kappa shape index (κ2) is 9.01. The van der Waals surface area contributed by atoms with Gasteiger partial charge in [0.2, 0.25) is 10.0 Å². The Morgan fingerprint density at radius 1 is 1.22 bits per heavy atom. The van der Waals surface area contributed by atoms with E-state index in [0.29, 0.717) is 11.3 Å². The summed E-state index contributed by atoms with van der Waals surface area (Å²) in [5.41, 5.74) is -0.880. The maximum atomic E-state index is 13.4. The molecule has 0 fully saturated rings. The van der Waals surface area contributed by atoms with Crippen LogP contribution in [0.1, 0.15) is 32.8 Å². The van der Waals surface area contributed by atoms with Crippen LogP contribution in [0.2, 0.25) is 0 Å². The van der Waals surface area contributed by atoms with Crippen LogP contribution in [0.15, 0.2) is 49.8 Å². The lowest BCUT2D eigenvalue weighted by Crippen LogP contribution is -2.34. The number of sulfonamides is 2. The zero-order valence-corrected chi connectivity index (χ0v) is 22.4. The van der Waals surface area contributed by atoms with Crippen LogP contribution >= 0.6 is 11.3 Å². The summed E-state index contributed by atoms with van der Waals surface area (Å²) >= 11 is 1.31. The number of hydrogen-bond acceptors (Lipinski definition) is 9. The number of nitrogens with zero attached hydrogens (tertiary/aromatic N) is 3. The van der Waals surface area contributed by atoms with E-state index in [1.165, 1.54) is 28.2 Å². The molecule has 0 atom stereocenters. The minimum absolute atomic E-state index is 0.0385. The van der Waals surface area contributed by atoms with E-state index in [-0.39, 0.29) is 45.3 Å². The maximum absolute atomic E-state index is 13.4.